The molecule has 0 atom stereocenters. The van der Waals surface area contributed by atoms with Crippen LogP contribution in [0.3, 0.4) is 0 Å². The van der Waals surface area contributed by atoms with E-state index in [0.717, 1.165) is 6.07 Å². The molecule has 0 amide bonds. The van der Waals surface area contributed by atoms with Gasteiger partial charge in [0, 0.05) is 17.7 Å². The number of alkyl halides is 3. The first kappa shape index (κ1) is 24.6. The van der Waals surface area contributed by atoms with Crippen molar-refractivity contribution in [3.63, 3.8) is 0 Å². The SMILES string of the molecule is CCOC(=O)c1cc(-c2cc(C)cc(CO)c2)nn(-c2cc([N+](=O)[O-])ccc2C(F)(F)F)c1=O. The highest BCUT2D eigenvalue weighted by molar-refractivity contribution is 5.90. The van der Waals surface area contributed by atoms with Crippen molar-refractivity contribution >= 4 is 11.7 Å². The van der Waals surface area contributed by atoms with Crippen LogP contribution in [0.1, 0.15) is 34.0 Å². The fourth-order valence-corrected chi connectivity index (χ4v) is 3.30. The van der Waals surface area contributed by atoms with Gasteiger partial charge in [0.25, 0.3) is 11.2 Å². The molecule has 0 saturated carbocycles. The molecule has 3 rings (SSSR count). The van der Waals surface area contributed by atoms with Crippen molar-refractivity contribution in [1.82, 2.24) is 9.78 Å². The third kappa shape index (κ3) is 4.96. The third-order valence-electron chi connectivity index (χ3n) is 4.75. The van der Waals surface area contributed by atoms with Crippen molar-refractivity contribution in [3.05, 3.63) is 85.2 Å². The molecule has 9 nitrogen and oxygen atoms in total. The number of rotatable bonds is 6. The van der Waals surface area contributed by atoms with Crippen molar-refractivity contribution < 1.29 is 32.7 Å². The molecule has 1 N–H and O–H groups in total. The summed E-state index contributed by atoms with van der Waals surface area (Å²) in [5.74, 6) is -1.10. The first-order valence-electron chi connectivity index (χ1n) is 9.85. The van der Waals surface area contributed by atoms with Gasteiger partial charge in [-0.25, -0.2) is 4.79 Å². The Hall–Kier alpha value is -4.06. The molecule has 0 fully saturated rings. The van der Waals surface area contributed by atoms with Gasteiger partial charge in [0.15, 0.2) is 0 Å². The Morgan fingerprint density at radius 1 is 1.21 bits per heavy atom. The van der Waals surface area contributed by atoms with Crippen molar-refractivity contribution in [2.45, 2.75) is 26.6 Å². The number of aliphatic hydroxyl groups excluding tert-OH is 1. The number of aromatic nitrogens is 2. The molecule has 0 radical (unpaired) electrons. The molecule has 1 heterocycles. The van der Waals surface area contributed by atoms with Gasteiger partial charge in [-0.2, -0.15) is 23.0 Å². The fraction of sp³-hybridized carbons (Fsp3) is 0.227. The van der Waals surface area contributed by atoms with Gasteiger partial charge in [-0.3, -0.25) is 14.9 Å². The number of esters is 1. The van der Waals surface area contributed by atoms with Crippen molar-refractivity contribution in [2.75, 3.05) is 6.61 Å². The maximum atomic E-state index is 13.7. The monoisotopic (exact) mass is 477 g/mol. The number of carbonyl (C=O) groups is 1. The number of nitrogens with zero attached hydrogens (tertiary/aromatic N) is 3. The van der Waals surface area contributed by atoms with Crippen LogP contribution in [-0.2, 0) is 17.5 Å². The van der Waals surface area contributed by atoms with Crippen LogP contribution in [0.25, 0.3) is 16.9 Å². The summed E-state index contributed by atoms with van der Waals surface area (Å²) in [6.45, 7) is 2.73. The second kappa shape index (κ2) is 9.43. The molecule has 0 saturated heterocycles. The van der Waals surface area contributed by atoms with Crippen LogP contribution in [0.2, 0.25) is 0 Å². The molecule has 178 valence electrons. The molecular formula is C22H18F3N3O6. The summed E-state index contributed by atoms with van der Waals surface area (Å²) >= 11 is 0. The quantitative estimate of drug-likeness (QED) is 0.325. The highest BCUT2D eigenvalue weighted by Gasteiger charge is 2.36. The Morgan fingerprint density at radius 3 is 2.50 bits per heavy atom. The number of hydrogen-bond donors (Lipinski definition) is 1. The largest absolute Gasteiger partial charge is 0.462 e. The van der Waals surface area contributed by atoms with Gasteiger partial charge in [-0.1, -0.05) is 11.6 Å². The molecule has 2 aromatic carbocycles. The van der Waals surface area contributed by atoms with E-state index >= 15 is 0 Å². The van der Waals surface area contributed by atoms with Gasteiger partial charge in [-0.05, 0) is 43.7 Å². The number of hydrogen-bond acceptors (Lipinski definition) is 7. The van der Waals surface area contributed by atoms with Gasteiger partial charge in [0.1, 0.15) is 5.56 Å². The standard InChI is InChI=1S/C22H18F3N3O6/c1-3-34-21(31)16-10-18(14-7-12(2)6-13(8-14)11-29)26-27(20(16)30)19-9-15(28(32)33)4-5-17(19)22(23,24)25/h4-10,29H,3,11H2,1-2H3. The second-order valence-corrected chi connectivity index (χ2v) is 7.20. The molecule has 0 spiro atoms. The lowest BCUT2D eigenvalue weighted by atomic mass is 10.0. The number of ether oxygens (including phenoxy) is 1. The molecular weight excluding hydrogens is 459 g/mol. The van der Waals surface area contributed by atoms with E-state index in [1.54, 1.807) is 19.1 Å². The molecule has 12 heteroatoms. The zero-order valence-corrected chi connectivity index (χ0v) is 17.9. The first-order valence-corrected chi connectivity index (χ1v) is 9.85. The molecule has 0 aliphatic rings. The Bertz CT molecular complexity index is 1330. The van der Waals surface area contributed by atoms with E-state index in [1.165, 1.54) is 13.0 Å². The van der Waals surface area contributed by atoms with E-state index in [4.69, 9.17) is 4.74 Å². The summed E-state index contributed by atoms with van der Waals surface area (Å²) in [6, 6.07) is 7.48. The topological polar surface area (TPSA) is 125 Å². The summed E-state index contributed by atoms with van der Waals surface area (Å²) in [6.07, 6.45) is -4.99. The number of nitro groups is 1. The van der Waals surface area contributed by atoms with Gasteiger partial charge >= 0.3 is 12.1 Å². The molecule has 1 aromatic heterocycles. The van der Waals surface area contributed by atoms with Gasteiger partial charge in [0.05, 0.1) is 35.1 Å². The number of nitro benzene ring substituents is 1. The Morgan fingerprint density at radius 2 is 1.91 bits per heavy atom. The Kier molecular flexibility index (Phi) is 6.82. The summed E-state index contributed by atoms with van der Waals surface area (Å²) < 4.78 is 46.3. The predicted molar refractivity (Wildman–Crippen MR) is 114 cm³/mol. The van der Waals surface area contributed by atoms with Crippen LogP contribution in [0.5, 0.6) is 0 Å². The van der Waals surface area contributed by atoms with Crippen LogP contribution in [0.4, 0.5) is 18.9 Å². The minimum absolute atomic E-state index is 0.0827. The van der Waals surface area contributed by atoms with Crippen molar-refractivity contribution in [3.8, 4) is 16.9 Å². The molecule has 0 aliphatic carbocycles. The second-order valence-electron chi connectivity index (χ2n) is 7.20. The third-order valence-corrected chi connectivity index (χ3v) is 4.75. The minimum atomic E-state index is -4.99. The van der Waals surface area contributed by atoms with Crippen LogP contribution < -0.4 is 5.56 Å². The zero-order chi connectivity index (χ0) is 25.2. The van der Waals surface area contributed by atoms with E-state index in [1.807, 2.05) is 0 Å². The molecule has 0 unspecified atom stereocenters. The van der Waals surface area contributed by atoms with E-state index in [-0.39, 0.29) is 18.9 Å². The lowest BCUT2D eigenvalue weighted by molar-refractivity contribution is -0.384. The lowest BCUT2D eigenvalue weighted by Gasteiger charge is -2.16. The van der Waals surface area contributed by atoms with Crippen LogP contribution >= 0.6 is 0 Å². The Balaban J connectivity index is 2.42. The molecule has 0 bridgehead atoms. The van der Waals surface area contributed by atoms with Crippen LogP contribution in [0.15, 0.2) is 47.3 Å². The average Bonchev–Trinajstić information content (AvgIpc) is 2.77. The number of non-ortho nitro benzene ring substituents is 1. The van der Waals surface area contributed by atoms with Crippen LogP contribution in [0, 0.1) is 17.0 Å². The van der Waals surface area contributed by atoms with Crippen molar-refractivity contribution in [2.24, 2.45) is 0 Å². The summed E-state index contributed by atoms with van der Waals surface area (Å²) in [5, 5.41) is 24.7. The number of benzene rings is 2. The van der Waals surface area contributed by atoms with Gasteiger partial charge in [0.2, 0.25) is 0 Å². The fourth-order valence-electron chi connectivity index (χ4n) is 3.30. The number of carbonyl (C=O) groups excluding carboxylic acids is 1. The minimum Gasteiger partial charge on any atom is -0.462 e. The van der Waals surface area contributed by atoms with Crippen molar-refractivity contribution in [1.29, 1.82) is 0 Å². The summed E-state index contributed by atoms with van der Waals surface area (Å²) in [5.41, 5.74) is -3.51. The maximum Gasteiger partial charge on any atom is 0.418 e. The number of aryl methyl sites for hydroxylation is 1. The smallest absolute Gasteiger partial charge is 0.418 e. The van der Waals surface area contributed by atoms with E-state index in [0.29, 0.717) is 39.6 Å². The van der Waals surface area contributed by atoms with E-state index in [2.05, 4.69) is 5.10 Å². The maximum absolute atomic E-state index is 13.7. The lowest BCUT2D eigenvalue weighted by Crippen LogP contribution is -2.30. The summed E-state index contributed by atoms with van der Waals surface area (Å²) in [4.78, 5) is 35.8. The first-order chi connectivity index (χ1) is 16.0. The van der Waals surface area contributed by atoms with E-state index in [9.17, 15) is 38.0 Å². The molecule has 3 aromatic rings. The highest BCUT2D eigenvalue weighted by atomic mass is 19.4. The molecule has 0 aliphatic heterocycles. The van der Waals surface area contributed by atoms with E-state index < -0.39 is 45.1 Å². The molecule has 34 heavy (non-hydrogen) atoms. The average molecular weight is 477 g/mol. The predicted octanol–water partition coefficient (Wildman–Crippen LogP) is 3.80. The highest BCUT2D eigenvalue weighted by Crippen LogP contribution is 2.35. The normalized spacial score (nSPS) is 11.4. The van der Waals surface area contributed by atoms with Gasteiger partial charge in [-0.15, -0.1) is 0 Å². The zero-order valence-electron chi connectivity index (χ0n) is 17.9. The number of aliphatic hydroxyl groups is 1. The van der Waals surface area contributed by atoms with Crippen LogP contribution in [-0.4, -0.2) is 32.4 Å². The Labute approximate surface area is 190 Å². The summed E-state index contributed by atoms with van der Waals surface area (Å²) in [7, 11) is 0. The van der Waals surface area contributed by atoms with Gasteiger partial charge < -0.3 is 9.84 Å². The number of halogens is 3.